The number of benzene rings is 1. The highest BCUT2D eigenvalue weighted by Gasteiger charge is 2.04. The molecule has 18 heavy (non-hydrogen) atoms. The Kier molecular flexibility index (Phi) is 4.46. The van der Waals surface area contributed by atoms with Gasteiger partial charge in [-0.15, -0.1) is 0 Å². The third-order valence-electron chi connectivity index (χ3n) is 2.42. The highest BCUT2D eigenvalue weighted by atomic mass is 79.9. The van der Waals surface area contributed by atoms with Gasteiger partial charge in [-0.25, -0.2) is 0 Å². The van der Waals surface area contributed by atoms with Gasteiger partial charge in [0.25, 0.3) is 0 Å². The molecule has 0 aliphatic carbocycles. The topological polar surface area (TPSA) is 70.7 Å². The predicted octanol–water partition coefficient (Wildman–Crippen LogP) is 1.47. The Labute approximate surface area is 113 Å². The van der Waals surface area contributed by atoms with E-state index in [0.29, 0.717) is 19.4 Å². The average Bonchev–Trinajstić information content (AvgIpc) is 2.82. The van der Waals surface area contributed by atoms with Gasteiger partial charge in [-0.3, -0.25) is 4.79 Å². The van der Waals surface area contributed by atoms with Crippen LogP contribution in [0.15, 0.2) is 34.9 Å². The van der Waals surface area contributed by atoms with E-state index in [2.05, 4.69) is 36.7 Å². The quantitative estimate of drug-likeness (QED) is 0.878. The second kappa shape index (κ2) is 6.30. The number of hydrogen-bond acceptors (Lipinski definition) is 3. The number of nitrogens with zero attached hydrogens (tertiary/aromatic N) is 2. The second-order valence-electron chi connectivity index (χ2n) is 3.87. The number of hydrogen-bond donors (Lipinski definition) is 2. The standard InChI is InChI=1S/C12H13BrN4O/c13-10-3-1-2-9(6-10)7-12(18)14-5-4-11-8-15-17-16-11/h1-3,6,8H,4-5,7H2,(H,14,18)(H,15,16,17). The lowest BCUT2D eigenvalue weighted by Crippen LogP contribution is -2.27. The lowest BCUT2D eigenvalue weighted by Gasteiger charge is -2.04. The number of aromatic amines is 1. The van der Waals surface area contributed by atoms with E-state index in [1.807, 2.05) is 24.3 Å². The summed E-state index contributed by atoms with van der Waals surface area (Å²) in [7, 11) is 0. The minimum absolute atomic E-state index is 0.0107. The summed E-state index contributed by atoms with van der Waals surface area (Å²) in [5, 5.41) is 13.0. The van der Waals surface area contributed by atoms with E-state index in [-0.39, 0.29) is 5.91 Å². The molecule has 0 bridgehead atoms. The maximum absolute atomic E-state index is 11.7. The number of nitrogens with one attached hydrogen (secondary N) is 2. The van der Waals surface area contributed by atoms with Gasteiger partial charge in [0, 0.05) is 17.4 Å². The predicted molar refractivity (Wildman–Crippen MR) is 70.9 cm³/mol. The van der Waals surface area contributed by atoms with Crippen LogP contribution in [0.5, 0.6) is 0 Å². The zero-order valence-electron chi connectivity index (χ0n) is 9.69. The van der Waals surface area contributed by atoms with Crippen LogP contribution in [0.25, 0.3) is 0 Å². The normalized spacial score (nSPS) is 10.3. The molecule has 94 valence electrons. The largest absolute Gasteiger partial charge is 0.355 e. The first-order chi connectivity index (χ1) is 8.74. The monoisotopic (exact) mass is 308 g/mol. The maximum Gasteiger partial charge on any atom is 0.224 e. The molecule has 0 unspecified atom stereocenters. The number of halogens is 1. The van der Waals surface area contributed by atoms with Crippen molar-refractivity contribution in [3.8, 4) is 0 Å². The smallest absolute Gasteiger partial charge is 0.224 e. The van der Waals surface area contributed by atoms with Crippen LogP contribution >= 0.6 is 15.9 Å². The van der Waals surface area contributed by atoms with Crippen molar-refractivity contribution in [3.63, 3.8) is 0 Å². The van der Waals surface area contributed by atoms with E-state index in [9.17, 15) is 4.79 Å². The van der Waals surface area contributed by atoms with Crippen LogP contribution in [-0.2, 0) is 17.6 Å². The molecule has 0 saturated heterocycles. The molecular weight excluding hydrogens is 296 g/mol. The molecule has 6 heteroatoms. The van der Waals surface area contributed by atoms with Gasteiger partial charge in [0.2, 0.25) is 5.91 Å². The third-order valence-corrected chi connectivity index (χ3v) is 2.92. The van der Waals surface area contributed by atoms with Crippen LogP contribution < -0.4 is 5.32 Å². The molecule has 1 heterocycles. The number of aromatic nitrogens is 3. The summed E-state index contributed by atoms with van der Waals surface area (Å²) < 4.78 is 0.982. The molecule has 0 radical (unpaired) electrons. The van der Waals surface area contributed by atoms with Gasteiger partial charge in [-0.2, -0.15) is 15.4 Å². The van der Waals surface area contributed by atoms with Gasteiger partial charge in [0.05, 0.1) is 18.3 Å². The van der Waals surface area contributed by atoms with Crippen LogP contribution in [0.2, 0.25) is 0 Å². The Morgan fingerprint density at radius 2 is 2.33 bits per heavy atom. The summed E-state index contributed by atoms with van der Waals surface area (Å²) in [6, 6.07) is 7.73. The molecule has 2 rings (SSSR count). The van der Waals surface area contributed by atoms with E-state index in [1.54, 1.807) is 6.20 Å². The molecule has 0 fully saturated rings. The zero-order valence-corrected chi connectivity index (χ0v) is 11.3. The highest BCUT2D eigenvalue weighted by Crippen LogP contribution is 2.11. The summed E-state index contributed by atoms with van der Waals surface area (Å²) in [6.45, 7) is 0.569. The molecular formula is C12H13BrN4O. The summed E-state index contributed by atoms with van der Waals surface area (Å²) in [5.41, 5.74) is 1.83. The number of amides is 1. The SMILES string of the molecule is O=C(Cc1cccc(Br)c1)NCCc1cn[nH]n1. The fraction of sp³-hybridized carbons (Fsp3) is 0.250. The molecule has 1 aromatic heterocycles. The van der Waals surface area contributed by atoms with Gasteiger partial charge >= 0.3 is 0 Å². The Balaban J connectivity index is 1.75. The highest BCUT2D eigenvalue weighted by molar-refractivity contribution is 9.10. The minimum Gasteiger partial charge on any atom is -0.355 e. The molecule has 1 aromatic carbocycles. The van der Waals surface area contributed by atoms with Gasteiger partial charge < -0.3 is 5.32 Å². The second-order valence-corrected chi connectivity index (χ2v) is 4.78. The van der Waals surface area contributed by atoms with Crippen LogP contribution in [0.4, 0.5) is 0 Å². The molecule has 0 atom stereocenters. The van der Waals surface area contributed by atoms with Crippen molar-refractivity contribution in [2.75, 3.05) is 6.54 Å². The Hall–Kier alpha value is -1.69. The van der Waals surface area contributed by atoms with Crippen LogP contribution in [0, 0.1) is 0 Å². The number of carbonyl (C=O) groups is 1. The van der Waals surface area contributed by atoms with Crippen molar-refractivity contribution in [1.82, 2.24) is 20.7 Å². The number of rotatable bonds is 5. The summed E-state index contributed by atoms with van der Waals surface area (Å²) in [4.78, 5) is 11.7. The van der Waals surface area contributed by atoms with Crippen molar-refractivity contribution in [2.45, 2.75) is 12.8 Å². The molecule has 0 spiro atoms. The van der Waals surface area contributed by atoms with Gasteiger partial charge in [-0.05, 0) is 17.7 Å². The molecule has 2 aromatic rings. The first kappa shape index (κ1) is 12.8. The van der Waals surface area contributed by atoms with Crippen molar-refractivity contribution in [1.29, 1.82) is 0 Å². The van der Waals surface area contributed by atoms with Crippen LogP contribution in [-0.4, -0.2) is 27.9 Å². The van der Waals surface area contributed by atoms with Crippen molar-refractivity contribution in [3.05, 3.63) is 46.2 Å². The number of H-pyrrole nitrogens is 1. The Morgan fingerprint density at radius 3 is 3.06 bits per heavy atom. The fourth-order valence-corrected chi connectivity index (χ4v) is 2.02. The third kappa shape index (κ3) is 3.96. The molecule has 2 N–H and O–H groups in total. The summed E-state index contributed by atoms with van der Waals surface area (Å²) in [5.74, 6) is 0.0107. The number of carbonyl (C=O) groups excluding carboxylic acids is 1. The Morgan fingerprint density at radius 1 is 1.44 bits per heavy atom. The lowest BCUT2D eigenvalue weighted by atomic mass is 10.1. The first-order valence-electron chi connectivity index (χ1n) is 5.60. The van der Waals surface area contributed by atoms with Gasteiger partial charge in [0.15, 0.2) is 0 Å². The Bertz CT molecular complexity index is 513. The first-order valence-corrected chi connectivity index (χ1v) is 6.39. The van der Waals surface area contributed by atoms with E-state index < -0.39 is 0 Å². The van der Waals surface area contributed by atoms with Gasteiger partial charge in [0.1, 0.15) is 0 Å². The van der Waals surface area contributed by atoms with E-state index >= 15 is 0 Å². The van der Waals surface area contributed by atoms with E-state index in [0.717, 1.165) is 15.7 Å². The molecule has 0 aliphatic heterocycles. The van der Waals surface area contributed by atoms with Crippen molar-refractivity contribution >= 4 is 21.8 Å². The minimum atomic E-state index is 0.0107. The zero-order chi connectivity index (χ0) is 12.8. The maximum atomic E-state index is 11.7. The van der Waals surface area contributed by atoms with E-state index in [1.165, 1.54) is 0 Å². The summed E-state index contributed by atoms with van der Waals surface area (Å²) >= 11 is 3.38. The average molecular weight is 309 g/mol. The van der Waals surface area contributed by atoms with Crippen molar-refractivity contribution in [2.24, 2.45) is 0 Å². The molecule has 1 amide bonds. The van der Waals surface area contributed by atoms with Crippen molar-refractivity contribution < 1.29 is 4.79 Å². The van der Waals surface area contributed by atoms with E-state index in [4.69, 9.17) is 0 Å². The van der Waals surface area contributed by atoms with Gasteiger partial charge in [-0.1, -0.05) is 28.1 Å². The molecule has 0 aliphatic rings. The molecule has 0 saturated carbocycles. The fourth-order valence-electron chi connectivity index (χ4n) is 1.57. The van der Waals surface area contributed by atoms with Crippen LogP contribution in [0.1, 0.15) is 11.3 Å². The summed E-state index contributed by atoms with van der Waals surface area (Å²) in [6.07, 6.45) is 2.72. The molecule has 5 nitrogen and oxygen atoms in total. The lowest BCUT2D eigenvalue weighted by molar-refractivity contribution is -0.120. The van der Waals surface area contributed by atoms with Crippen LogP contribution in [0.3, 0.4) is 0 Å².